The van der Waals surface area contributed by atoms with Gasteiger partial charge in [-0.25, -0.2) is 19.0 Å². The Bertz CT molecular complexity index is 966. The molecule has 0 N–H and O–H groups in total. The monoisotopic (exact) mass is 424 g/mol. The summed E-state index contributed by atoms with van der Waals surface area (Å²) in [5.74, 6) is -1.25. The predicted molar refractivity (Wildman–Crippen MR) is 110 cm³/mol. The lowest BCUT2D eigenvalue weighted by atomic mass is 10.1. The minimum absolute atomic E-state index is 0.266. The number of halogens is 1. The van der Waals surface area contributed by atoms with Gasteiger partial charge in [-0.05, 0) is 30.3 Å². The number of ether oxygens (including phenoxy) is 3. The molecule has 0 aliphatic carbocycles. The zero-order chi connectivity index (χ0) is 21.6. The Morgan fingerprint density at radius 1 is 1.03 bits per heavy atom. The summed E-state index contributed by atoms with van der Waals surface area (Å²) in [5, 5.41) is 0. The van der Waals surface area contributed by atoms with Gasteiger partial charge in [0.1, 0.15) is 12.7 Å². The molecule has 0 spiro atoms. The highest BCUT2D eigenvalue weighted by atomic mass is 19.1. The first-order chi connectivity index (χ1) is 15.1. The van der Waals surface area contributed by atoms with Crippen LogP contribution in [0, 0.1) is 0 Å². The Morgan fingerprint density at radius 2 is 1.68 bits per heavy atom. The lowest BCUT2D eigenvalue weighted by Gasteiger charge is -2.27. The van der Waals surface area contributed by atoms with Gasteiger partial charge in [-0.15, -0.1) is 0 Å². The standard InChI is InChI=1S/C23H21FN2O5/c24-19-20(31-23(28)17-10-5-2-6-11-17)18(30-21(19)26-13-7-12-25-15-26)14-29-22(27)16-8-3-1-4-9-16/h1-12,15,18-21H,13-14H2/t18-,19+,20-,21-/m1/s1. The number of esters is 2. The van der Waals surface area contributed by atoms with Crippen molar-refractivity contribution in [3.63, 3.8) is 0 Å². The molecule has 2 heterocycles. The highest BCUT2D eigenvalue weighted by molar-refractivity contribution is 5.90. The zero-order valence-corrected chi connectivity index (χ0v) is 16.5. The van der Waals surface area contributed by atoms with Crippen molar-refractivity contribution in [2.45, 2.75) is 24.6 Å². The van der Waals surface area contributed by atoms with E-state index in [0.29, 0.717) is 17.7 Å². The molecule has 0 amide bonds. The minimum atomic E-state index is -1.66. The highest BCUT2D eigenvalue weighted by Crippen LogP contribution is 2.30. The van der Waals surface area contributed by atoms with Gasteiger partial charge in [-0.1, -0.05) is 36.4 Å². The lowest BCUT2D eigenvalue weighted by molar-refractivity contribution is -0.0667. The number of benzene rings is 2. The van der Waals surface area contributed by atoms with E-state index in [1.807, 2.05) is 0 Å². The molecule has 160 valence electrons. The van der Waals surface area contributed by atoms with Crippen LogP contribution in [0.15, 0.2) is 77.9 Å². The second-order valence-electron chi connectivity index (χ2n) is 7.06. The Hall–Kier alpha value is -3.52. The van der Waals surface area contributed by atoms with Gasteiger partial charge in [0, 0.05) is 12.7 Å². The first-order valence-corrected chi connectivity index (χ1v) is 9.85. The summed E-state index contributed by atoms with van der Waals surface area (Å²) in [6, 6.07) is 16.7. The van der Waals surface area contributed by atoms with Crippen LogP contribution in [0.1, 0.15) is 20.7 Å². The Balaban J connectivity index is 1.48. The van der Waals surface area contributed by atoms with Crippen molar-refractivity contribution in [1.82, 2.24) is 4.90 Å². The van der Waals surface area contributed by atoms with E-state index in [-0.39, 0.29) is 6.61 Å². The molecular weight excluding hydrogens is 403 g/mol. The van der Waals surface area contributed by atoms with Crippen molar-refractivity contribution in [3.8, 4) is 0 Å². The van der Waals surface area contributed by atoms with Gasteiger partial charge in [0.15, 0.2) is 18.5 Å². The molecule has 2 aliphatic heterocycles. The molecule has 7 nitrogen and oxygen atoms in total. The fraction of sp³-hybridized carbons (Fsp3) is 0.261. The topological polar surface area (TPSA) is 77.4 Å². The average Bonchev–Trinajstić information content (AvgIpc) is 3.14. The van der Waals surface area contributed by atoms with Crippen LogP contribution >= 0.6 is 0 Å². The summed E-state index contributed by atoms with van der Waals surface area (Å²) in [6.07, 6.45) is -0.0887. The molecule has 0 aromatic heterocycles. The largest absolute Gasteiger partial charge is 0.459 e. The lowest BCUT2D eigenvalue weighted by Crippen LogP contribution is -2.43. The molecule has 0 unspecified atom stereocenters. The summed E-state index contributed by atoms with van der Waals surface area (Å²) in [5.41, 5.74) is 0.653. The van der Waals surface area contributed by atoms with E-state index in [4.69, 9.17) is 14.2 Å². The fourth-order valence-corrected chi connectivity index (χ4v) is 3.39. The van der Waals surface area contributed by atoms with Crippen molar-refractivity contribution in [2.75, 3.05) is 13.2 Å². The molecule has 2 aliphatic rings. The van der Waals surface area contributed by atoms with Crippen molar-refractivity contribution < 1.29 is 28.2 Å². The van der Waals surface area contributed by atoms with E-state index in [0.717, 1.165) is 0 Å². The fourth-order valence-electron chi connectivity index (χ4n) is 3.39. The SMILES string of the molecule is O=C(OC[C@H]1O[C@@H](N2C=NC=CC2)[C@@H](F)[C@@H]1OC(=O)c1ccccc1)c1ccccc1. The van der Waals surface area contributed by atoms with E-state index in [1.54, 1.807) is 77.8 Å². The Kier molecular flexibility index (Phi) is 6.37. The first-order valence-electron chi connectivity index (χ1n) is 9.85. The first kappa shape index (κ1) is 20.7. The molecule has 4 atom stereocenters. The molecule has 1 saturated heterocycles. The quantitative estimate of drug-likeness (QED) is 0.664. The number of carbonyl (C=O) groups is 2. The van der Waals surface area contributed by atoms with Gasteiger partial charge >= 0.3 is 11.9 Å². The van der Waals surface area contributed by atoms with E-state index >= 15 is 4.39 Å². The summed E-state index contributed by atoms with van der Waals surface area (Å²) in [6.45, 7) is 0.128. The summed E-state index contributed by atoms with van der Waals surface area (Å²) < 4.78 is 31.9. The number of rotatable bonds is 6. The van der Waals surface area contributed by atoms with Gasteiger partial charge in [0.05, 0.1) is 17.5 Å². The van der Waals surface area contributed by atoms with Crippen LogP contribution in [-0.4, -0.2) is 60.9 Å². The van der Waals surface area contributed by atoms with Crippen LogP contribution in [-0.2, 0) is 14.2 Å². The van der Waals surface area contributed by atoms with E-state index in [1.165, 1.54) is 6.34 Å². The number of carbonyl (C=O) groups excluding carboxylic acids is 2. The molecule has 4 rings (SSSR count). The number of aliphatic imine (C=N–C) groups is 1. The van der Waals surface area contributed by atoms with Crippen LogP contribution in [0.4, 0.5) is 4.39 Å². The second-order valence-corrected chi connectivity index (χ2v) is 7.06. The van der Waals surface area contributed by atoms with Crippen LogP contribution in [0.25, 0.3) is 0 Å². The van der Waals surface area contributed by atoms with Gasteiger partial charge < -0.3 is 19.1 Å². The molecular formula is C23H21FN2O5. The summed E-state index contributed by atoms with van der Waals surface area (Å²) in [7, 11) is 0. The van der Waals surface area contributed by atoms with E-state index < -0.39 is 36.5 Å². The number of nitrogens with zero attached hydrogens (tertiary/aromatic N) is 2. The highest BCUT2D eigenvalue weighted by Gasteiger charge is 2.50. The zero-order valence-electron chi connectivity index (χ0n) is 16.5. The molecule has 31 heavy (non-hydrogen) atoms. The van der Waals surface area contributed by atoms with Crippen molar-refractivity contribution in [1.29, 1.82) is 0 Å². The van der Waals surface area contributed by atoms with Crippen LogP contribution in [0.5, 0.6) is 0 Å². The Morgan fingerprint density at radius 3 is 2.29 bits per heavy atom. The number of hydrogen-bond donors (Lipinski definition) is 0. The van der Waals surface area contributed by atoms with Gasteiger partial charge in [-0.2, -0.15) is 0 Å². The summed E-state index contributed by atoms with van der Waals surface area (Å²) in [4.78, 5) is 30.4. The van der Waals surface area contributed by atoms with Crippen molar-refractivity contribution in [3.05, 3.63) is 84.1 Å². The molecule has 0 radical (unpaired) electrons. The molecule has 1 fully saturated rings. The predicted octanol–water partition coefficient (Wildman–Crippen LogP) is 2.99. The second kappa shape index (κ2) is 9.53. The maximum Gasteiger partial charge on any atom is 0.338 e. The number of hydrogen-bond acceptors (Lipinski definition) is 7. The smallest absolute Gasteiger partial charge is 0.338 e. The maximum atomic E-state index is 15.3. The minimum Gasteiger partial charge on any atom is -0.459 e. The van der Waals surface area contributed by atoms with E-state index in [2.05, 4.69) is 4.99 Å². The summed E-state index contributed by atoms with van der Waals surface area (Å²) >= 11 is 0. The maximum absolute atomic E-state index is 15.3. The third kappa shape index (κ3) is 4.80. The number of alkyl halides is 1. The normalized spacial score (nSPS) is 24.7. The third-order valence-corrected chi connectivity index (χ3v) is 4.96. The molecule has 0 saturated carbocycles. The third-order valence-electron chi connectivity index (χ3n) is 4.96. The molecule has 0 bridgehead atoms. The Labute approximate surface area is 178 Å². The van der Waals surface area contributed by atoms with Crippen LogP contribution < -0.4 is 0 Å². The van der Waals surface area contributed by atoms with Gasteiger partial charge in [0.2, 0.25) is 0 Å². The average molecular weight is 424 g/mol. The van der Waals surface area contributed by atoms with E-state index in [9.17, 15) is 9.59 Å². The molecule has 2 aromatic carbocycles. The molecule has 8 heteroatoms. The van der Waals surface area contributed by atoms with Crippen LogP contribution in [0.2, 0.25) is 0 Å². The molecule has 2 aromatic rings. The van der Waals surface area contributed by atoms with Gasteiger partial charge in [-0.3, -0.25) is 0 Å². The van der Waals surface area contributed by atoms with Crippen LogP contribution in [0.3, 0.4) is 0 Å². The van der Waals surface area contributed by atoms with Crippen molar-refractivity contribution >= 4 is 18.3 Å². The van der Waals surface area contributed by atoms with Crippen molar-refractivity contribution in [2.24, 2.45) is 4.99 Å². The van der Waals surface area contributed by atoms with Gasteiger partial charge in [0.25, 0.3) is 0 Å².